The molecule has 3 aromatic rings. The van der Waals surface area contributed by atoms with Crippen molar-refractivity contribution in [2.24, 2.45) is 0 Å². The summed E-state index contributed by atoms with van der Waals surface area (Å²) in [5, 5.41) is 3.26. The van der Waals surface area contributed by atoms with Gasteiger partial charge < -0.3 is 14.8 Å². The maximum absolute atomic E-state index is 12.7. The Morgan fingerprint density at radius 1 is 0.903 bits per heavy atom. The van der Waals surface area contributed by atoms with Crippen LogP contribution in [0.2, 0.25) is 10.0 Å². The fraction of sp³-hybridized carbons (Fsp3) is 0.0952. The molecular formula is C21H18Cl2N2O5S. The van der Waals surface area contributed by atoms with E-state index >= 15 is 0 Å². The highest BCUT2D eigenvalue weighted by molar-refractivity contribution is 7.92. The summed E-state index contributed by atoms with van der Waals surface area (Å²) < 4.78 is 38.2. The molecule has 0 aromatic heterocycles. The molecule has 2 N–H and O–H groups in total. The minimum absolute atomic E-state index is 0.00797. The van der Waals surface area contributed by atoms with Crippen molar-refractivity contribution in [1.82, 2.24) is 0 Å². The second kappa shape index (κ2) is 9.47. The Hall–Kier alpha value is -2.94. The van der Waals surface area contributed by atoms with Crippen LogP contribution in [0.15, 0.2) is 65.6 Å². The number of nitrogens with one attached hydrogen (secondary N) is 2. The molecule has 0 saturated heterocycles. The number of halogens is 2. The zero-order chi connectivity index (χ0) is 22.6. The molecule has 0 unspecified atom stereocenters. The van der Waals surface area contributed by atoms with Gasteiger partial charge in [0.1, 0.15) is 17.1 Å². The summed E-state index contributed by atoms with van der Waals surface area (Å²) in [6, 6.07) is 15.1. The van der Waals surface area contributed by atoms with Crippen LogP contribution >= 0.6 is 23.2 Å². The predicted octanol–water partition coefficient (Wildman–Crippen LogP) is 5.06. The Balaban J connectivity index is 1.80. The molecule has 0 bridgehead atoms. The molecule has 0 heterocycles. The smallest absolute Gasteiger partial charge is 0.263 e. The molecule has 3 aromatic carbocycles. The molecule has 10 heteroatoms. The number of hydrogen-bond donors (Lipinski definition) is 2. The quantitative estimate of drug-likeness (QED) is 0.492. The molecule has 162 valence electrons. The zero-order valence-corrected chi connectivity index (χ0v) is 18.8. The molecule has 0 spiro atoms. The first kappa shape index (κ1) is 22.7. The van der Waals surface area contributed by atoms with Crippen molar-refractivity contribution in [3.05, 3.63) is 76.3 Å². The van der Waals surface area contributed by atoms with Crippen LogP contribution in [0.3, 0.4) is 0 Å². The number of carbonyl (C=O) groups is 1. The molecule has 3 rings (SSSR count). The van der Waals surface area contributed by atoms with Crippen molar-refractivity contribution in [2.45, 2.75) is 4.90 Å². The molecule has 1 amide bonds. The van der Waals surface area contributed by atoms with Crippen LogP contribution in [0.1, 0.15) is 10.4 Å². The van der Waals surface area contributed by atoms with Crippen molar-refractivity contribution >= 4 is 50.5 Å². The van der Waals surface area contributed by atoms with Crippen molar-refractivity contribution in [3.63, 3.8) is 0 Å². The fourth-order valence-corrected chi connectivity index (χ4v) is 4.35. The molecular weight excluding hydrogens is 463 g/mol. The van der Waals surface area contributed by atoms with Crippen LogP contribution < -0.4 is 19.5 Å². The summed E-state index contributed by atoms with van der Waals surface area (Å²) >= 11 is 11.9. The van der Waals surface area contributed by atoms with Crippen LogP contribution in [0.5, 0.6) is 11.5 Å². The third-order valence-electron chi connectivity index (χ3n) is 4.25. The zero-order valence-electron chi connectivity index (χ0n) is 16.5. The number of ether oxygens (including phenoxy) is 2. The lowest BCUT2D eigenvalue weighted by Crippen LogP contribution is -2.15. The van der Waals surface area contributed by atoms with Gasteiger partial charge in [-0.05, 0) is 54.6 Å². The van der Waals surface area contributed by atoms with Crippen molar-refractivity contribution in [2.75, 3.05) is 24.3 Å². The first-order chi connectivity index (χ1) is 14.7. The second-order valence-electron chi connectivity index (χ2n) is 6.25. The molecule has 0 fully saturated rings. The van der Waals surface area contributed by atoms with Gasteiger partial charge in [-0.25, -0.2) is 8.42 Å². The maximum Gasteiger partial charge on any atom is 0.263 e. The molecule has 0 radical (unpaired) electrons. The third-order valence-corrected chi connectivity index (χ3v) is 6.18. The molecule has 0 aliphatic rings. The van der Waals surface area contributed by atoms with E-state index in [4.69, 9.17) is 32.7 Å². The minimum Gasteiger partial charge on any atom is -0.496 e. The summed E-state index contributed by atoms with van der Waals surface area (Å²) in [6.07, 6.45) is 0. The normalized spacial score (nSPS) is 11.0. The number of sulfonamides is 1. The minimum atomic E-state index is -3.90. The van der Waals surface area contributed by atoms with E-state index in [0.29, 0.717) is 22.2 Å². The van der Waals surface area contributed by atoms with Crippen LogP contribution in [0, 0.1) is 0 Å². The van der Waals surface area contributed by atoms with Crippen LogP contribution in [0.25, 0.3) is 0 Å². The van der Waals surface area contributed by atoms with E-state index in [2.05, 4.69) is 10.0 Å². The average molecular weight is 481 g/mol. The number of benzene rings is 3. The van der Waals surface area contributed by atoms with E-state index in [1.54, 1.807) is 18.2 Å². The van der Waals surface area contributed by atoms with Gasteiger partial charge in [-0.2, -0.15) is 0 Å². The Bertz CT molecular complexity index is 1190. The third kappa shape index (κ3) is 5.22. The Labute approximate surface area is 189 Å². The first-order valence-electron chi connectivity index (χ1n) is 8.85. The number of methoxy groups -OCH3 is 2. The van der Waals surface area contributed by atoms with Gasteiger partial charge in [-0.15, -0.1) is 0 Å². The van der Waals surface area contributed by atoms with E-state index in [9.17, 15) is 13.2 Å². The Morgan fingerprint density at radius 3 is 2.06 bits per heavy atom. The lowest BCUT2D eigenvalue weighted by Gasteiger charge is -2.13. The highest BCUT2D eigenvalue weighted by atomic mass is 35.5. The van der Waals surface area contributed by atoms with Gasteiger partial charge >= 0.3 is 0 Å². The van der Waals surface area contributed by atoms with Crippen LogP contribution in [-0.4, -0.2) is 28.5 Å². The number of hydrogen-bond acceptors (Lipinski definition) is 5. The number of anilines is 2. The van der Waals surface area contributed by atoms with Crippen molar-refractivity contribution in [1.29, 1.82) is 0 Å². The van der Waals surface area contributed by atoms with Gasteiger partial charge in [0.2, 0.25) is 0 Å². The lowest BCUT2D eigenvalue weighted by molar-refractivity contribution is 0.102. The van der Waals surface area contributed by atoms with E-state index in [1.807, 2.05) is 0 Å². The van der Waals surface area contributed by atoms with E-state index in [0.717, 1.165) is 0 Å². The number of rotatable bonds is 7. The van der Waals surface area contributed by atoms with Gasteiger partial charge in [0.25, 0.3) is 15.9 Å². The average Bonchev–Trinajstić information content (AvgIpc) is 2.75. The summed E-state index contributed by atoms with van der Waals surface area (Å²) in [5.74, 6) is 0.233. The fourth-order valence-electron chi connectivity index (χ4n) is 2.76. The topological polar surface area (TPSA) is 93.7 Å². The van der Waals surface area contributed by atoms with Crippen molar-refractivity contribution < 1.29 is 22.7 Å². The standard InChI is InChI=1S/C21H18Cl2N2O5S/c1-29-18-4-3-5-19(30-2)20(18)21(26)24-14-7-9-15(10-8-14)31(27,28)25-17-11-6-13(22)12-16(17)23/h3-12,25H,1-2H3,(H,24,26). The summed E-state index contributed by atoms with van der Waals surface area (Å²) in [7, 11) is -0.999. The molecule has 0 aliphatic carbocycles. The summed E-state index contributed by atoms with van der Waals surface area (Å²) in [4.78, 5) is 12.7. The monoisotopic (exact) mass is 480 g/mol. The van der Waals surface area contributed by atoms with Crippen LogP contribution in [-0.2, 0) is 10.0 Å². The van der Waals surface area contributed by atoms with Gasteiger partial charge in [0.05, 0.1) is 29.8 Å². The molecule has 0 saturated carbocycles. The van der Waals surface area contributed by atoms with Gasteiger partial charge in [-0.1, -0.05) is 29.3 Å². The highest BCUT2D eigenvalue weighted by Crippen LogP contribution is 2.30. The first-order valence-corrected chi connectivity index (χ1v) is 11.1. The number of amides is 1. The van der Waals surface area contributed by atoms with Gasteiger partial charge in [0.15, 0.2) is 0 Å². The second-order valence-corrected chi connectivity index (χ2v) is 8.77. The van der Waals surface area contributed by atoms with Crippen LogP contribution in [0.4, 0.5) is 11.4 Å². The van der Waals surface area contributed by atoms with E-state index < -0.39 is 15.9 Å². The molecule has 7 nitrogen and oxygen atoms in total. The highest BCUT2D eigenvalue weighted by Gasteiger charge is 2.19. The Kier molecular flexibility index (Phi) is 6.94. The summed E-state index contributed by atoms with van der Waals surface area (Å²) in [5.41, 5.74) is 0.816. The van der Waals surface area contributed by atoms with Gasteiger partial charge in [0, 0.05) is 10.7 Å². The SMILES string of the molecule is COc1cccc(OC)c1C(=O)Nc1ccc(S(=O)(=O)Nc2ccc(Cl)cc2Cl)cc1. The van der Waals surface area contributed by atoms with E-state index in [1.165, 1.54) is 56.7 Å². The molecule has 0 aliphatic heterocycles. The predicted molar refractivity (Wildman–Crippen MR) is 121 cm³/mol. The number of carbonyl (C=O) groups excluding carboxylic acids is 1. The Morgan fingerprint density at radius 2 is 1.52 bits per heavy atom. The van der Waals surface area contributed by atoms with Gasteiger partial charge in [-0.3, -0.25) is 9.52 Å². The molecule has 31 heavy (non-hydrogen) atoms. The van der Waals surface area contributed by atoms with E-state index in [-0.39, 0.29) is 21.2 Å². The lowest BCUT2D eigenvalue weighted by atomic mass is 10.1. The van der Waals surface area contributed by atoms with Crippen molar-refractivity contribution in [3.8, 4) is 11.5 Å². The largest absolute Gasteiger partial charge is 0.496 e. The molecule has 0 atom stereocenters. The summed E-state index contributed by atoms with van der Waals surface area (Å²) in [6.45, 7) is 0. The maximum atomic E-state index is 12.7.